The topological polar surface area (TPSA) is 64.7 Å². The van der Waals surface area contributed by atoms with Crippen LogP contribution in [0.25, 0.3) is 0 Å². The van der Waals surface area contributed by atoms with Gasteiger partial charge < -0.3 is 20.4 Å². The summed E-state index contributed by atoms with van der Waals surface area (Å²) in [7, 11) is 3.31. The highest BCUT2D eigenvalue weighted by molar-refractivity contribution is 5.90. The second-order valence-corrected chi connectivity index (χ2v) is 6.78. The molecule has 2 rings (SSSR count). The van der Waals surface area contributed by atoms with E-state index in [4.69, 9.17) is 0 Å². The Morgan fingerprint density at radius 2 is 1.88 bits per heavy atom. The molecule has 1 atom stereocenters. The smallest absolute Gasteiger partial charge is 0.321 e. The molecule has 138 valence electrons. The summed E-state index contributed by atoms with van der Waals surface area (Å²) in [6.45, 7) is 4.32. The van der Waals surface area contributed by atoms with Crippen LogP contribution in [0.3, 0.4) is 0 Å². The van der Waals surface area contributed by atoms with Crippen LogP contribution < -0.4 is 15.5 Å². The average Bonchev–Trinajstić information content (AvgIpc) is 2.90. The van der Waals surface area contributed by atoms with E-state index in [1.165, 1.54) is 25.7 Å². The van der Waals surface area contributed by atoms with Crippen molar-refractivity contribution in [2.24, 2.45) is 5.92 Å². The van der Waals surface area contributed by atoms with Crippen molar-refractivity contribution in [3.8, 4) is 0 Å². The van der Waals surface area contributed by atoms with Crippen LogP contribution in [0.5, 0.6) is 0 Å². The number of nitrogens with one attached hydrogen (secondary N) is 2. The molecular formula is C19H30N4O2. The number of amides is 3. The van der Waals surface area contributed by atoms with Gasteiger partial charge in [-0.25, -0.2) is 4.79 Å². The lowest BCUT2D eigenvalue weighted by Crippen LogP contribution is -2.39. The van der Waals surface area contributed by atoms with Crippen LogP contribution >= 0.6 is 0 Å². The summed E-state index contributed by atoms with van der Waals surface area (Å²) >= 11 is 0. The fourth-order valence-electron chi connectivity index (χ4n) is 3.15. The van der Waals surface area contributed by atoms with Crippen molar-refractivity contribution in [2.45, 2.75) is 32.6 Å². The van der Waals surface area contributed by atoms with E-state index < -0.39 is 0 Å². The third-order valence-corrected chi connectivity index (χ3v) is 4.66. The van der Waals surface area contributed by atoms with Gasteiger partial charge in [-0.05, 0) is 31.0 Å². The van der Waals surface area contributed by atoms with Crippen molar-refractivity contribution in [3.05, 3.63) is 24.3 Å². The third kappa shape index (κ3) is 5.66. The first-order chi connectivity index (χ1) is 12.0. The van der Waals surface area contributed by atoms with Crippen molar-refractivity contribution in [2.75, 3.05) is 43.9 Å². The molecule has 6 nitrogen and oxygen atoms in total. The molecule has 0 saturated carbocycles. The number of rotatable bonds is 5. The predicted octanol–water partition coefficient (Wildman–Crippen LogP) is 2.91. The van der Waals surface area contributed by atoms with Gasteiger partial charge in [0.15, 0.2) is 0 Å². The van der Waals surface area contributed by atoms with Gasteiger partial charge in [0.25, 0.3) is 0 Å². The molecule has 0 unspecified atom stereocenters. The Morgan fingerprint density at radius 1 is 1.20 bits per heavy atom. The van der Waals surface area contributed by atoms with E-state index in [0.717, 1.165) is 24.5 Å². The number of hydrogen-bond donors (Lipinski definition) is 2. The maximum absolute atomic E-state index is 12.4. The van der Waals surface area contributed by atoms with Crippen molar-refractivity contribution in [3.63, 3.8) is 0 Å². The van der Waals surface area contributed by atoms with E-state index in [1.807, 2.05) is 25.1 Å². The van der Waals surface area contributed by atoms with Gasteiger partial charge in [0.2, 0.25) is 5.91 Å². The molecule has 1 heterocycles. The van der Waals surface area contributed by atoms with Gasteiger partial charge >= 0.3 is 6.03 Å². The number of urea groups is 1. The average molecular weight is 346 g/mol. The lowest BCUT2D eigenvalue weighted by Gasteiger charge is -2.24. The lowest BCUT2D eigenvalue weighted by atomic mass is 10.1. The van der Waals surface area contributed by atoms with Gasteiger partial charge in [0.05, 0.1) is 5.92 Å². The zero-order valence-electron chi connectivity index (χ0n) is 15.5. The zero-order valence-corrected chi connectivity index (χ0v) is 15.5. The van der Waals surface area contributed by atoms with Crippen LogP contribution in [0.1, 0.15) is 32.6 Å². The number of anilines is 2. The summed E-state index contributed by atoms with van der Waals surface area (Å²) in [5.41, 5.74) is 1.94. The molecule has 3 amide bonds. The van der Waals surface area contributed by atoms with Crippen molar-refractivity contribution < 1.29 is 9.59 Å². The molecule has 1 aliphatic rings. The van der Waals surface area contributed by atoms with Crippen LogP contribution in [0.15, 0.2) is 24.3 Å². The second kappa shape index (κ2) is 9.30. The van der Waals surface area contributed by atoms with Crippen LogP contribution in [-0.2, 0) is 4.79 Å². The van der Waals surface area contributed by atoms with Crippen LogP contribution in [0.4, 0.5) is 16.2 Å². The molecule has 0 bridgehead atoms. The van der Waals surface area contributed by atoms with E-state index in [2.05, 4.69) is 21.6 Å². The Hall–Kier alpha value is -2.24. The minimum atomic E-state index is -0.246. The summed E-state index contributed by atoms with van der Waals surface area (Å²) in [4.78, 5) is 27.9. The van der Waals surface area contributed by atoms with Crippen LogP contribution in [-0.4, -0.2) is 50.6 Å². The molecule has 25 heavy (non-hydrogen) atoms. The fourth-order valence-corrected chi connectivity index (χ4v) is 3.15. The standard InChI is InChI=1S/C19H30N4O2/c1-15(18(24)20-2)14-22(3)19(25)21-16-9-8-10-17(13-16)23-11-6-4-5-7-12-23/h8-10,13,15H,4-7,11-12,14H2,1-3H3,(H,20,24)(H,21,25)/t15-/m1/s1. The first kappa shape index (κ1) is 19.1. The summed E-state index contributed by atoms with van der Waals surface area (Å²) in [5.74, 6) is -0.313. The molecule has 1 aromatic carbocycles. The van der Waals surface area contributed by atoms with E-state index in [-0.39, 0.29) is 17.9 Å². The van der Waals surface area contributed by atoms with Gasteiger partial charge in [-0.3, -0.25) is 4.79 Å². The summed E-state index contributed by atoms with van der Waals surface area (Å²) in [6, 6.07) is 7.79. The largest absolute Gasteiger partial charge is 0.371 e. The molecule has 0 aromatic heterocycles. The minimum absolute atomic E-state index is 0.0668. The van der Waals surface area contributed by atoms with Gasteiger partial charge in [-0.1, -0.05) is 25.8 Å². The Kier molecular flexibility index (Phi) is 7.10. The van der Waals surface area contributed by atoms with E-state index >= 15 is 0 Å². The van der Waals surface area contributed by atoms with Crippen molar-refractivity contribution in [1.29, 1.82) is 0 Å². The number of carbonyl (C=O) groups is 2. The Balaban J connectivity index is 1.96. The monoisotopic (exact) mass is 346 g/mol. The molecular weight excluding hydrogens is 316 g/mol. The highest BCUT2D eigenvalue weighted by atomic mass is 16.2. The van der Waals surface area contributed by atoms with Gasteiger partial charge in [0, 0.05) is 45.1 Å². The zero-order chi connectivity index (χ0) is 18.2. The Labute approximate surface area is 150 Å². The molecule has 1 aliphatic heterocycles. The predicted molar refractivity (Wildman–Crippen MR) is 102 cm³/mol. The molecule has 1 saturated heterocycles. The van der Waals surface area contributed by atoms with Gasteiger partial charge in [-0.2, -0.15) is 0 Å². The number of benzene rings is 1. The van der Waals surface area contributed by atoms with E-state index in [1.54, 1.807) is 19.0 Å². The van der Waals surface area contributed by atoms with Crippen LogP contribution in [0.2, 0.25) is 0 Å². The highest BCUT2D eigenvalue weighted by Crippen LogP contribution is 2.23. The first-order valence-electron chi connectivity index (χ1n) is 9.10. The number of carbonyl (C=O) groups excluding carboxylic acids is 2. The van der Waals surface area contributed by atoms with Gasteiger partial charge in [-0.15, -0.1) is 0 Å². The number of nitrogens with zero attached hydrogens (tertiary/aromatic N) is 2. The first-order valence-corrected chi connectivity index (χ1v) is 9.10. The molecule has 2 N–H and O–H groups in total. The van der Waals surface area contributed by atoms with Crippen LogP contribution in [0, 0.1) is 5.92 Å². The molecule has 0 aliphatic carbocycles. The van der Waals surface area contributed by atoms with Crippen molar-refractivity contribution >= 4 is 23.3 Å². The third-order valence-electron chi connectivity index (χ3n) is 4.66. The molecule has 0 spiro atoms. The maximum Gasteiger partial charge on any atom is 0.321 e. The second-order valence-electron chi connectivity index (χ2n) is 6.78. The normalized spacial score (nSPS) is 15.9. The SMILES string of the molecule is CNC(=O)[C@H](C)CN(C)C(=O)Nc1cccc(N2CCCCCC2)c1. The molecule has 1 fully saturated rings. The number of hydrogen-bond acceptors (Lipinski definition) is 3. The van der Waals surface area contributed by atoms with E-state index in [9.17, 15) is 9.59 Å². The Bertz CT molecular complexity index is 583. The van der Waals surface area contributed by atoms with Crippen molar-refractivity contribution in [1.82, 2.24) is 10.2 Å². The molecule has 0 radical (unpaired) electrons. The molecule has 1 aromatic rings. The van der Waals surface area contributed by atoms with E-state index in [0.29, 0.717) is 6.54 Å². The lowest BCUT2D eigenvalue weighted by molar-refractivity contribution is -0.124. The van der Waals surface area contributed by atoms with Gasteiger partial charge in [0.1, 0.15) is 0 Å². The summed E-state index contributed by atoms with van der Waals surface area (Å²) in [6.07, 6.45) is 5.02. The summed E-state index contributed by atoms with van der Waals surface area (Å²) < 4.78 is 0. The molecule has 6 heteroatoms. The highest BCUT2D eigenvalue weighted by Gasteiger charge is 2.17. The minimum Gasteiger partial charge on any atom is -0.371 e. The maximum atomic E-state index is 12.4. The quantitative estimate of drug-likeness (QED) is 0.861. The fraction of sp³-hybridized carbons (Fsp3) is 0.579. The Morgan fingerprint density at radius 3 is 2.52 bits per heavy atom. The summed E-state index contributed by atoms with van der Waals surface area (Å²) in [5, 5.41) is 5.53.